The van der Waals surface area contributed by atoms with Crippen LogP contribution in [-0.2, 0) is 14.3 Å². The van der Waals surface area contributed by atoms with Crippen molar-refractivity contribution in [2.45, 2.75) is 13.0 Å². The lowest BCUT2D eigenvalue weighted by molar-refractivity contribution is -0.142. The zero-order valence-corrected chi connectivity index (χ0v) is 13.8. The molecule has 1 aromatic carbocycles. The summed E-state index contributed by atoms with van der Waals surface area (Å²) < 4.78 is 14.7. The fourth-order valence-electron chi connectivity index (χ4n) is 1.86. The van der Waals surface area contributed by atoms with Crippen molar-refractivity contribution in [1.82, 2.24) is 5.32 Å². The molecule has 8 heteroatoms. The Bertz CT molecular complexity index is 741. The van der Waals surface area contributed by atoms with Gasteiger partial charge in [-0.2, -0.15) is 0 Å². The third-order valence-corrected chi connectivity index (χ3v) is 3.17. The number of carbonyl (C=O) groups is 3. The molecule has 0 bridgehead atoms. The lowest BCUT2D eigenvalue weighted by Gasteiger charge is -2.14. The van der Waals surface area contributed by atoms with Crippen LogP contribution in [0.1, 0.15) is 17.5 Å². The minimum atomic E-state index is -0.780. The quantitative estimate of drug-likeness (QED) is 0.737. The molecule has 1 aromatic heterocycles. The first kappa shape index (κ1) is 18.1. The molecule has 25 heavy (non-hydrogen) atoms. The number of benzene rings is 1. The molecule has 0 unspecified atom stereocenters. The largest absolute Gasteiger partial charge is 0.482 e. The van der Waals surface area contributed by atoms with Gasteiger partial charge in [0.15, 0.2) is 12.4 Å². The maximum atomic E-state index is 12.2. The Kier molecular flexibility index (Phi) is 6.16. The van der Waals surface area contributed by atoms with Crippen molar-refractivity contribution in [2.24, 2.45) is 0 Å². The molecule has 2 rings (SSSR count). The smallest absolute Gasteiger partial charge is 0.343 e. The van der Waals surface area contributed by atoms with Gasteiger partial charge in [-0.25, -0.2) is 4.79 Å². The molecule has 0 aliphatic heterocycles. The van der Waals surface area contributed by atoms with E-state index in [4.69, 9.17) is 9.15 Å². The van der Waals surface area contributed by atoms with Crippen LogP contribution in [0, 0.1) is 0 Å². The van der Waals surface area contributed by atoms with E-state index < -0.39 is 23.8 Å². The molecule has 1 atom stereocenters. The van der Waals surface area contributed by atoms with Crippen molar-refractivity contribution in [3.63, 3.8) is 0 Å². The van der Waals surface area contributed by atoms with Gasteiger partial charge in [0.1, 0.15) is 11.8 Å². The van der Waals surface area contributed by atoms with E-state index in [2.05, 4.69) is 15.4 Å². The van der Waals surface area contributed by atoms with Gasteiger partial charge in [0, 0.05) is 11.8 Å². The van der Waals surface area contributed by atoms with Crippen molar-refractivity contribution >= 4 is 23.5 Å². The third kappa shape index (κ3) is 5.38. The first-order chi connectivity index (χ1) is 12.0. The second kappa shape index (κ2) is 8.53. The van der Waals surface area contributed by atoms with E-state index in [1.54, 1.807) is 37.3 Å². The summed E-state index contributed by atoms with van der Waals surface area (Å²) in [6.07, 6.45) is 1.37. The van der Waals surface area contributed by atoms with E-state index in [0.717, 1.165) is 0 Å². The number of ether oxygens (including phenoxy) is 2. The van der Waals surface area contributed by atoms with Gasteiger partial charge in [-0.3, -0.25) is 9.59 Å². The Morgan fingerprint density at radius 3 is 2.68 bits per heavy atom. The number of amides is 2. The average molecular weight is 346 g/mol. The summed E-state index contributed by atoms with van der Waals surface area (Å²) >= 11 is 0. The van der Waals surface area contributed by atoms with Crippen LogP contribution in [0.3, 0.4) is 0 Å². The summed E-state index contributed by atoms with van der Waals surface area (Å²) in [7, 11) is 1.26. The van der Waals surface area contributed by atoms with E-state index in [0.29, 0.717) is 11.4 Å². The van der Waals surface area contributed by atoms with Crippen LogP contribution in [0.15, 0.2) is 47.1 Å². The molecule has 0 saturated carbocycles. The van der Waals surface area contributed by atoms with Crippen LogP contribution in [0.2, 0.25) is 0 Å². The molecule has 1 heterocycles. The second-order valence-corrected chi connectivity index (χ2v) is 5.05. The minimum Gasteiger partial charge on any atom is -0.482 e. The molecule has 0 saturated heterocycles. The van der Waals surface area contributed by atoms with Crippen LogP contribution in [0.5, 0.6) is 5.75 Å². The van der Waals surface area contributed by atoms with Gasteiger partial charge >= 0.3 is 5.97 Å². The second-order valence-electron chi connectivity index (χ2n) is 5.05. The molecule has 2 N–H and O–H groups in total. The van der Waals surface area contributed by atoms with E-state index in [1.807, 2.05) is 0 Å². The van der Waals surface area contributed by atoms with Crippen LogP contribution in [0.4, 0.5) is 5.69 Å². The summed E-state index contributed by atoms with van der Waals surface area (Å²) in [5, 5.41) is 5.18. The molecule has 2 amide bonds. The van der Waals surface area contributed by atoms with Gasteiger partial charge < -0.3 is 24.5 Å². The minimum absolute atomic E-state index is 0.123. The summed E-state index contributed by atoms with van der Waals surface area (Å²) in [4.78, 5) is 35.1. The zero-order chi connectivity index (χ0) is 18.2. The predicted octanol–water partition coefficient (Wildman–Crippen LogP) is 1.59. The summed E-state index contributed by atoms with van der Waals surface area (Å²) in [6.45, 7) is 1.32. The number of esters is 1. The van der Waals surface area contributed by atoms with Crippen LogP contribution in [0.25, 0.3) is 0 Å². The normalized spacial score (nSPS) is 11.3. The number of anilines is 1. The van der Waals surface area contributed by atoms with Crippen molar-refractivity contribution in [1.29, 1.82) is 0 Å². The predicted molar refractivity (Wildman–Crippen MR) is 88.2 cm³/mol. The van der Waals surface area contributed by atoms with Crippen LogP contribution in [-0.4, -0.2) is 37.5 Å². The number of nitrogens with one attached hydrogen (secondary N) is 2. The summed E-state index contributed by atoms with van der Waals surface area (Å²) in [5.41, 5.74) is 0.464. The number of methoxy groups -OCH3 is 1. The van der Waals surface area contributed by atoms with Gasteiger partial charge in [0.25, 0.3) is 5.91 Å². The maximum Gasteiger partial charge on any atom is 0.343 e. The highest BCUT2D eigenvalue weighted by molar-refractivity contribution is 5.99. The van der Waals surface area contributed by atoms with Gasteiger partial charge in [-0.05, 0) is 31.2 Å². The van der Waals surface area contributed by atoms with E-state index in [-0.39, 0.29) is 12.4 Å². The Hall–Kier alpha value is -3.29. The first-order valence-corrected chi connectivity index (χ1v) is 7.44. The number of furan rings is 1. The molecular weight excluding hydrogens is 328 g/mol. The fraction of sp³-hybridized carbons (Fsp3) is 0.235. The molecule has 0 aliphatic carbocycles. The number of carbonyl (C=O) groups excluding carboxylic acids is 3. The molecular formula is C17H18N2O6. The number of hydrogen-bond acceptors (Lipinski definition) is 6. The monoisotopic (exact) mass is 346 g/mol. The molecule has 132 valence electrons. The van der Waals surface area contributed by atoms with Gasteiger partial charge in [0.05, 0.1) is 13.4 Å². The van der Waals surface area contributed by atoms with Crippen molar-refractivity contribution in [3.8, 4) is 5.75 Å². The molecule has 0 spiro atoms. The Labute approximate surface area is 144 Å². The average Bonchev–Trinajstić information content (AvgIpc) is 3.14. The Morgan fingerprint density at radius 1 is 1.20 bits per heavy atom. The summed E-state index contributed by atoms with van der Waals surface area (Å²) in [5.74, 6) is -0.884. The highest BCUT2D eigenvalue weighted by atomic mass is 16.6. The molecule has 0 aliphatic rings. The van der Waals surface area contributed by atoms with E-state index in [9.17, 15) is 14.4 Å². The third-order valence-electron chi connectivity index (χ3n) is 3.17. The lowest BCUT2D eigenvalue weighted by Crippen LogP contribution is -2.41. The molecule has 2 aromatic rings. The number of hydrogen-bond donors (Lipinski definition) is 2. The van der Waals surface area contributed by atoms with Crippen LogP contribution >= 0.6 is 0 Å². The van der Waals surface area contributed by atoms with Crippen LogP contribution < -0.4 is 15.4 Å². The highest BCUT2D eigenvalue weighted by Crippen LogP contribution is 2.17. The molecule has 0 radical (unpaired) electrons. The Balaban J connectivity index is 1.91. The lowest BCUT2D eigenvalue weighted by atomic mass is 10.2. The van der Waals surface area contributed by atoms with E-state index >= 15 is 0 Å². The molecule has 0 fully saturated rings. The number of rotatable bonds is 7. The SMILES string of the molecule is COC(=O)COc1cccc(NC(=O)[C@H](C)NC(=O)c2ccco2)c1. The Morgan fingerprint density at radius 2 is 2.00 bits per heavy atom. The standard InChI is InChI=1S/C17H18N2O6/c1-11(18-17(22)14-7-4-8-24-14)16(21)19-12-5-3-6-13(9-12)25-10-15(20)23-2/h3-9,11H,10H2,1-2H3,(H,18,22)(H,19,21)/t11-/m0/s1. The first-order valence-electron chi connectivity index (χ1n) is 7.44. The van der Waals surface area contributed by atoms with Crippen molar-refractivity contribution in [2.75, 3.05) is 19.0 Å². The van der Waals surface area contributed by atoms with Gasteiger partial charge in [-0.15, -0.1) is 0 Å². The van der Waals surface area contributed by atoms with Gasteiger partial charge in [-0.1, -0.05) is 6.07 Å². The molecule has 8 nitrogen and oxygen atoms in total. The van der Waals surface area contributed by atoms with Crippen molar-refractivity contribution < 1.29 is 28.3 Å². The van der Waals surface area contributed by atoms with E-state index in [1.165, 1.54) is 19.4 Å². The zero-order valence-electron chi connectivity index (χ0n) is 13.8. The maximum absolute atomic E-state index is 12.2. The summed E-state index contributed by atoms with van der Waals surface area (Å²) in [6, 6.07) is 8.82. The van der Waals surface area contributed by atoms with Gasteiger partial charge in [0.2, 0.25) is 5.91 Å². The highest BCUT2D eigenvalue weighted by Gasteiger charge is 2.18. The fourth-order valence-corrected chi connectivity index (χ4v) is 1.86. The van der Waals surface area contributed by atoms with Crippen molar-refractivity contribution in [3.05, 3.63) is 48.4 Å². The topological polar surface area (TPSA) is 107 Å².